The predicted octanol–water partition coefficient (Wildman–Crippen LogP) is 4.29. The van der Waals surface area contributed by atoms with Gasteiger partial charge in [0.25, 0.3) is 0 Å². The lowest BCUT2D eigenvalue weighted by molar-refractivity contribution is 1.43. The van der Waals surface area contributed by atoms with E-state index in [1.165, 1.54) is 16.3 Å². The number of hydrogen-bond donors (Lipinski definition) is 0. The maximum absolute atomic E-state index is 3.74. The molecule has 0 fully saturated rings. The van der Waals surface area contributed by atoms with Crippen molar-refractivity contribution in [1.29, 1.82) is 0 Å². The monoisotopic (exact) mass is 227 g/mol. The summed E-state index contributed by atoms with van der Waals surface area (Å²) in [6, 6.07) is 14.9. The second-order valence-electron chi connectivity index (χ2n) is 3.53. The topological polar surface area (TPSA) is 12.9 Å². The Kier molecular flexibility index (Phi) is 3.67. The Morgan fingerprint density at radius 1 is 1.00 bits per heavy atom. The van der Waals surface area contributed by atoms with Crippen LogP contribution in [0, 0.1) is 6.92 Å². The predicted molar refractivity (Wildman–Crippen MR) is 70.8 cm³/mol. The zero-order valence-electron chi connectivity index (χ0n) is 9.13. The van der Waals surface area contributed by atoms with Crippen molar-refractivity contribution in [2.24, 2.45) is 0 Å². The Hall–Kier alpha value is -1.67. The first-order valence-electron chi connectivity index (χ1n) is 5.14. The van der Waals surface area contributed by atoms with Gasteiger partial charge in [-0.15, -0.1) is 11.3 Å². The van der Waals surface area contributed by atoms with Crippen LogP contribution in [0.5, 0.6) is 0 Å². The van der Waals surface area contributed by atoms with Crippen LogP contribution in [0.3, 0.4) is 0 Å². The van der Waals surface area contributed by atoms with Gasteiger partial charge in [0.1, 0.15) is 0 Å². The van der Waals surface area contributed by atoms with Crippen molar-refractivity contribution in [3.05, 3.63) is 65.1 Å². The van der Waals surface area contributed by atoms with E-state index in [4.69, 9.17) is 0 Å². The van der Waals surface area contributed by atoms with Gasteiger partial charge in [-0.05, 0) is 17.7 Å². The van der Waals surface area contributed by atoms with E-state index in [0.29, 0.717) is 0 Å². The fourth-order valence-corrected chi connectivity index (χ4v) is 1.84. The minimum absolute atomic E-state index is 1.32. The minimum atomic E-state index is 1.32. The van der Waals surface area contributed by atoms with E-state index in [0.717, 1.165) is 0 Å². The van der Waals surface area contributed by atoms with Crippen LogP contribution in [0.2, 0.25) is 0 Å². The molecule has 0 saturated heterocycles. The maximum atomic E-state index is 3.74. The number of aryl methyl sites for hydroxylation is 1. The van der Waals surface area contributed by atoms with E-state index in [9.17, 15) is 0 Å². The molecule has 3 aromatic rings. The maximum Gasteiger partial charge on any atom is 0.0791 e. The average Bonchev–Trinajstić information content (AvgIpc) is 2.87. The average molecular weight is 227 g/mol. The van der Waals surface area contributed by atoms with Gasteiger partial charge in [-0.3, -0.25) is 4.98 Å². The van der Waals surface area contributed by atoms with Crippen molar-refractivity contribution in [2.75, 3.05) is 0 Å². The molecule has 0 bridgehead atoms. The molecule has 3 rings (SSSR count). The fourth-order valence-electron chi connectivity index (χ4n) is 1.48. The summed E-state index contributed by atoms with van der Waals surface area (Å²) in [5, 5.41) is 4.57. The summed E-state index contributed by atoms with van der Waals surface area (Å²) >= 11 is 1.60. The summed E-state index contributed by atoms with van der Waals surface area (Å²) in [5.41, 5.74) is 3.11. The Balaban J connectivity index is 0.000000162. The molecule has 1 aromatic heterocycles. The van der Waals surface area contributed by atoms with E-state index >= 15 is 0 Å². The van der Waals surface area contributed by atoms with Crippen LogP contribution in [-0.2, 0) is 0 Å². The molecule has 16 heavy (non-hydrogen) atoms. The molecule has 0 amide bonds. The van der Waals surface area contributed by atoms with Gasteiger partial charge in [0, 0.05) is 11.6 Å². The zero-order valence-corrected chi connectivity index (χ0v) is 9.95. The second-order valence-corrected chi connectivity index (χ2v) is 4.28. The highest BCUT2D eigenvalue weighted by Crippen LogP contribution is 2.14. The Morgan fingerprint density at radius 3 is 2.44 bits per heavy atom. The van der Waals surface area contributed by atoms with Crippen molar-refractivity contribution in [2.45, 2.75) is 6.92 Å². The van der Waals surface area contributed by atoms with Gasteiger partial charge in [-0.25, -0.2) is 0 Å². The number of hydrogen-bond acceptors (Lipinski definition) is 2. The van der Waals surface area contributed by atoms with E-state index < -0.39 is 0 Å². The van der Waals surface area contributed by atoms with E-state index in [1.54, 1.807) is 23.0 Å². The van der Waals surface area contributed by atoms with Gasteiger partial charge < -0.3 is 0 Å². The lowest BCUT2D eigenvalue weighted by atomic mass is 10.1. The first kappa shape index (κ1) is 10.8. The number of aromatic nitrogens is 1. The van der Waals surface area contributed by atoms with Crippen molar-refractivity contribution < 1.29 is 0 Å². The molecule has 0 N–H and O–H groups in total. The summed E-state index contributed by atoms with van der Waals surface area (Å²) in [7, 11) is 0. The Bertz CT molecular complexity index is 526. The molecule has 2 heteroatoms. The van der Waals surface area contributed by atoms with Gasteiger partial charge in [-0.1, -0.05) is 48.0 Å². The van der Waals surface area contributed by atoms with E-state index in [-0.39, 0.29) is 0 Å². The van der Waals surface area contributed by atoms with Crippen molar-refractivity contribution in [1.82, 2.24) is 4.98 Å². The first-order chi connectivity index (χ1) is 7.86. The highest BCUT2D eigenvalue weighted by atomic mass is 32.1. The number of benzene rings is 2. The van der Waals surface area contributed by atoms with Crippen LogP contribution in [0.4, 0.5) is 0 Å². The first-order valence-corrected chi connectivity index (χ1v) is 6.08. The van der Waals surface area contributed by atoms with Gasteiger partial charge >= 0.3 is 0 Å². The molecule has 1 heterocycles. The van der Waals surface area contributed by atoms with Gasteiger partial charge in [0.15, 0.2) is 0 Å². The van der Waals surface area contributed by atoms with Crippen LogP contribution in [-0.4, -0.2) is 4.98 Å². The lowest BCUT2D eigenvalue weighted by Crippen LogP contribution is -1.73. The number of fused-ring (bicyclic) bond motifs is 1. The fraction of sp³-hybridized carbons (Fsp3) is 0.0714. The van der Waals surface area contributed by atoms with Crippen LogP contribution >= 0.6 is 11.3 Å². The third-order valence-electron chi connectivity index (χ3n) is 2.25. The molecular weight excluding hydrogens is 214 g/mol. The molecule has 0 spiro atoms. The molecule has 0 aliphatic rings. The SMILES string of the molecule is Cc1ccc2ccccc2c1.c1cscn1. The highest BCUT2D eigenvalue weighted by molar-refractivity contribution is 7.07. The quantitative estimate of drug-likeness (QED) is 0.558. The summed E-state index contributed by atoms with van der Waals surface area (Å²) in [5.74, 6) is 0. The van der Waals surface area contributed by atoms with Crippen molar-refractivity contribution >= 4 is 22.1 Å². The van der Waals surface area contributed by atoms with Gasteiger partial charge in [-0.2, -0.15) is 0 Å². The second kappa shape index (κ2) is 5.42. The molecule has 1 nitrogen and oxygen atoms in total. The summed E-state index contributed by atoms with van der Waals surface area (Å²) < 4.78 is 0. The smallest absolute Gasteiger partial charge is 0.0791 e. The van der Waals surface area contributed by atoms with Crippen LogP contribution < -0.4 is 0 Å². The molecule has 2 aromatic carbocycles. The van der Waals surface area contributed by atoms with Crippen LogP contribution in [0.25, 0.3) is 10.8 Å². The Morgan fingerprint density at radius 2 is 1.81 bits per heavy atom. The largest absolute Gasteiger partial charge is 0.253 e. The standard InChI is InChI=1S/C11H10.C3H3NS/c1-9-6-7-10-4-2-3-5-11(10)8-9;1-2-5-3-4-1/h2-8H,1H3;1-3H. The molecule has 0 unspecified atom stereocenters. The molecule has 0 aliphatic carbocycles. The van der Waals surface area contributed by atoms with Crippen molar-refractivity contribution in [3.8, 4) is 0 Å². The normalized spacial score (nSPS) is 9.56. The number of thiazole rings is 1. The van der Waals surface area contributed by atoms with Crippen LogP contribution in [0.15, 0.2) is 59.6 Å². The van der Waals surface area contributed by atoms with Crippen molar-refractivity contribution in [3.63, 3.8) is 0 Å². The highest BCUT2D eigenvalue weighted by Gasteiger charge is 1.89. The summed E-state index contributed by atoms with van der Waals surface area (Å²) in [6.45, 7) is 2.12. The third-order valence-corrected chi connectivity index (χ3v) is 2.77. The molecule has 80 valence electrons. The molecular formula is C14H13NS. The summed E-state index contributed by atoms with van der Waals surface area (Å²) in [4.78, 5) is 3.74. The van der Waals surface area contributed by atoms with Crippen LogP contribution in [0.1, 0.15) is 5.56 Å². The zero-order chi connectivity index (χ0) is 11.2. The minimum Gasteiger partial charge on any atom is -0.253 e. The van der Waals surface area contributed by atoms with E-state index in [1.807, 2.05) is 5.38 Å². The number of nitrogens with zero attached hydrogens (tertiary/aromatic N) is 1. The van der Waals surface area contributed by atoms with E-state index in [2.05, 4.69) is 54.4 Å². The van der Waals surface area contributed by atoms with Gasteiger partial charge in [0.05, 0.1) is 5.51 Å². The molecule has 0 radical (unpaired) electrons. The molecule has 0 atom stereocenters. The molecule has 0 aliphatic heterocycles. The third kappa shape index (κ3) is 2.91. The lowest BCUT2D eigenvalue weighted by Gasteiger charge is -1.96. The Labute approximate surface area is 99.4 Å². The number of rotatable bonds is 0. The molecule has 0 saturated carbocycles. The summed E-state index contributed by atoms with van der Waals surface area (Å²) in [6.07, 6.45) is 1.77. The van der Waals surface area contributed by atoms with Gasteiger partial charge in [0.2, 0.25) is 0 Å².